The third kappa shape index (κ3) is 1.59. The molecule has 0 spiro atoms. The monoisotopic (exact) mass is 190 g/mol. The zero-order valence-corrected chi connectivity index (χ0v) is 7.10. The van der Waals surface area contributed by atoms with Crippen molar-refractivity contribution in [2.75, 3.05) is 7.05 Å². The van der Waals surface area contributed by atoms with Crippen molar-refractivity contribution in [3.8, 4) is 0 Å². The molecule has 0 aliphatic heterocycles. The molecule has 12 heavy (non-hydrogen) atoms. The van der Waals surface area contributed by atoms with E-state index in [-0.39, 0.29) is 0 Å². The molecule has 0 aliphatic rings. The van der Waals surface area contributed by atoms with Gasteiger partial charge in [-0.25, -0.2) is 18.1 Å². The lowest BCUT2D eigenvalue weighted by atomic mass is 10.5. The molecule has 6 heteroatoms. The van der Waals surface area contributed by atoms with Crippen LogP contribution in [0.15, 0.2) is 23.2 Å². The van der Waals surface area contributed by atoms with Gasteiger partial charge < -0.3 is 0 Å². The molecule has 0 fully saturated rings. The van der Waals surface area contributed by atoms with Gasteiger partial charge in [0.15, 0.2) is 0 Å². The SMILES string of the molecule is CNS(=O)(=O)c1cccnc1F. The predicted molar refractivity (Wildman–Crippen MR) is 40.4 cm³/mol. The summed E-state index contributed by atoms with van der Waals surface area (Å²) in [6, 6.07) is 2.50. The molecular formula is C6H7FN2O2S. The molecule has 66 valence electrons. The molecule has 0 aromatic carbocycles. The van der Waals surface area contributed by atoms with Crippen molar-refractivity contribution < 1.29 is 12.8 Å². The molecule has 1 N–H and O–H groups in total. The number of hydrogen-bond acceptors (Lipinski definition) is 3. The van der Waals surface area contributed by atoms with Crippen LogP contribution in [-0.2, 0) is 10.0 Å². The highest BCUT2D eigenvalue weighted by molar-refractivity contribution is 7.89. The van der Waals surface area contributed by atoms with Crippen molar-refractivity contribution >= 4 is 10.0 Å². The van der Waals surface area contributed by atoms with Gasteiger partial charge in [0.1, 0.15) is 4.90 Å². The second kappa shape index (κ2) is 3.16. The second-order valence-corrected chi connectivity index (χ2v) is 3.85. The summed E-state index contributed by atoms with van der Waals surface area (Å²) in [5, 5.41) is 0. The number of nitrogens with zero attached hydrogens (tertiary/aromatic N) is 1. The number of rotatable bonds is 2. The molecular weight excluding hydrogens is 183 g/mol. The minimum absolute atomic E-state index is 0.437. The number of nitrogens with one attached hydrogen (secondary N) is 1. The van der Waals surface area contributed by atoms with Crippen LogP contribution in [0.2, 0.25) is 0 Å². The quantitative estimate of drug-likeness (QED) is 0.674. The van der Waals surface area contributed by atoms with Crippen molar-refractivity contribution in [2.45, 2.75) is 4.90 Å². The van der Waals surface area contributed by atoms with E-state index in [1.54, 1.807) is 0 Å². The summed E-state index contributed by atoms with van der Waals surface area (Å²) in [4.78, 5) is 2.77. The Morgan fingerprint density at radius 2 is 2.25 bits per heavy atom. The van der Waals surface area contributed by atoms with Crippen LogP contribution >= 0.6 is 0 Å². The van der Waals surface area contributed by atoms with E-state index in [1.807, 2.05) is 4.72 Å². The zero-order valence-electron chi connectivity index (χ0n) is 6.28. The number of sulfonamides is 1. The number of hydrogen-bond donors (Lipinski definition) is 1. The molecule has 0 aliphatic carbocycles. The van der Waals surface area contributed by atoms with Crippen LogP contribution in [-0.4, -0.2) is 20.4 Å². The average molecular weight is 190 g/mol. The summed E-state index contributed by atoms with van der Waals surface area (Å²) >= 11 is 0. The summed E-state index contributed by atoms with van der Waals surface area (Å²) in [5.41, 5.74) is 0. The van der Waals surface area contributed by atoms with Crippen LogP contribution in [0.4, 0.5) is 4.39 Å². The number of pyridine rings is 1. The average Bonchev–Trinajstić information content (AvgIpc) is 2.05. The standard InChI is InChI=1S/C6H7FN2O2S/c1-8-12(10,11)5-3-2-4-9-6(5)7/h2-4,8H,1H3. The van der Waals surface area contributed by atoms with Crippen molar-refractivity contribution in [2.24, 2.45) is 0 Å². The third-order valence-electron chi connectivity index (χ3n) is 1.28. The molecule has 0 radical (unpaired) electrons. The molecule has 0 atom stereocenters. The zero-order chi connectivity index (χ0) is 9.19. The Balaban J connectivity index is 3.30. The van der Waals surface area contributed by atoms with E-state index in [0.717, 1.165) is 6.07 Å². The molecule has 4 nitrogen and oxygen atoms in total. The Labute approximate surface area is 69.5 Å². The van der Waals surface area contributed by atoms with E-state index in [1.165, 1.54) is 19.3 Å². The van der Waals surface area contributed by atoms with Crippen LogP contribution in [0.1, 0.15) is 0 Å². The molecule has 0 amide bonds. The summed E-state index contributed by atoms with van der Waals surface area (Å²) < 4.78 is 36.8. The summed E-state index contributed by atoms with van der Waals surface area (Å²) in [7, 11) is -2.51. The third-order valence-corrected chi connectivity index (χ3v) is 2.70. The highest BCUT2D eigenvalue weighted by atomic mass is 32.2. The molecule has 0 saturated heterocycles. The predicted octanol–water partition coefficient (Wildman–Crippen LogP) is 0.129. The Bertz CT molecular complexity index is 377. The maximum absolute atomic E-state index is 12.7. The van der Waals surface area contributed by atoms with Gasteiger partial charge in [0.2, 0.25) is 16.0 Å². The smallest absolute Gasteiger partial charge is 0.227 e. The van der Waals surface area contributed by atoms with Gasteiger partial charge in [0, 0.05) is 6.20 Å². The van der Waals surface area contributed by atoms with Crippen molar-refractivity contribution in [3.05, 3.63) is 24.3 Å². The lowest BCUT2D eigenvalue weighted by Crippen LogP contribution is -2.20. The Morgan fingerprint density at radius 3 is 2.75 bits per heavy atom. The minimum atomic E-state index is -3.72. The van der Waals surface area contributed by atoms with Gasteiger partial charge in [-0.15, -0.1) is 0 Å². The van der Waals surface area contributed by atoms with Crippen LogP contribution in [0.3, 0.4) is 0 Å². The van der Waals surface area contributed by atoms with Gasteiger partial charge in [0.05, 0.1) is 0 Å². The topological polar surface area (TPSA) is 59.1 Å². The normalized spacial score (nSPS) is 11.5. The Kier molecular flexibility index (Phi) is 2.39. The maximum atomic E-state index is 12.7. The first-order valence-corrected chi connectivity index (χ1v) is 4.60. The molecule has 0 bridgehead atoms. The molecule has 1 rings (SSSR count). The number of halogens is 1. The number of aromatic nitrogens is 1. The van der Waals surface area contributed by atoms with E-state index in [2.05, 4.69) is 4.98 Å². The molecule has 0 unspecified atom stereocenters. The lowest BCUT2D eigenvalue weighted by Gasteiger charge is -2.00. The van der Waals surface area contributed by atoms with Crippen molar-refractivity contribution in [1.29, 1.82) is 0 Å². The van der Waals surface area contributed by atoms with Gasteiger partial charge >= 0.3 is 0 Å². The van der Waals surface area contributed by atoms with Gasteiger partial charge in [-0.05, 0) is 19.2 Å². The van der Waals surface area contributed by atoms with Crippen LogP contribution in [0.5, 0.6) is 0 Å². The fourth-order valence-corrected chi connectivity index (χ4v) is 1.43. The molecule has 0 saturated carbocycles. The van der Waals surface area contributed by atoms with E-state index in [9.17, 15) is 12.8 Å². The van der Waals surface area contributed by atoms with Crippen molar-refractivity contribution in [3.63, 3.8) is 0 Å². The first-order chi connectivity index (χ1) is 5.58. The first-order valence-electron chi connectivity index (χ1n) is 3.12. The highest BCUT2D eigenvalue weighted by Gasteiger charge is 2.16. The fraction of sp³-hybridized carbons (Fsp3) is 0.167. The van der Waals surface area contributed by atoms with Gasteiger partial charge in [-0.3, -0.25) is 0 Å². The Hall–Kier alpha value is -1.01. The maximum Gasteiger partial charge on any atom is 0.244 e. The van der Waals surface area contributed by atoms with E-state index < -0.39 is 20.9 Å². The van der Waals surface area contributed by atoms with Crippen LogP contribution in [0.25, 0.3) is 0 Å². The van der Waals surface area contributed by atoms with E-state index in [0.29, 0.717) is 0 Å². The van der Waals surface area contributed by atoms with E-state index >= 15 is 0 Å². The summed E-state index contributed by atoms with van der Waals surface area (Å²) in [5.74, 6) is -0.994. The van der Waals surface area contributed by atoms with Crippen LogP contribution < -0.4 is 4.72 Å². The lowest BCUT2D eigenvalue weighted by molar-refractivity contribution is 0.535. The van der Waals surface area contributed by atoms with Gasteiger partial charge in [0.25, 0.3) is 0 Å². The molecule has 1 heterocycles. The van der Waals surface area contributed by atoms with E-state index in [4.69, 9.17) is 0 Å². The first kappa shape index (κ1) is 9.08. The summed E-state index contributed by atoms with van der Waals surface area (Å²) in [6.07, 6.45) is 1.18. The van der Waals surface area contributed by atoms with Crippen LogP contribution in [0, 0.1) is 5.95 Å². The Morgan fingerprint density at radius 1 is 1.58 bits per heavy atom. The second-order valence-electron chi connectivity index (χ2n) is 2.00. The highest BCUT2D eigenvalue weighted by Crippen LogP contribution is 2.09. The van der Waals surface area contributed by atoms with Gasteiger partial charge in [-0.1, -0.05) is 0 Å². The van der Waals surface area contributed by atoms with Gasteiger partial charge in [-0.2, -0.15) is 4.39 Å². The molecule has 1 aromatic rings. The molecule has 1 aromatic heterocycles. The largest absolute Gasteiger partial charge is 0.244 e. The van der Waals surface area contributed by atoms with Crippen molar-refractivity contribution in [1.82, 2.24) is 9.71 Å². The minimum Gasteiger partial charge on any atom is -0.227 e. The fourth-order valence-electron chi connectivity index (χ4n) is 0.682. The summed E-state index contributed by atoms with van der Waals surface area (Å²) in [6.45, 7) is 0.